The van der Waals surface area contributed by atoms with E-state index < -0.39 is 0 Å². The van der Waals surface area contributed by atoms with Crippen LogP contribution in [0.1, 0.15) is 0 Å². The highest BCUT2D eigenvalue weighted by Crippen LogP contribution is 2.09. The first-order valence-corrected chi connectivity index (χ1v) is 4.26. The molecule has 0 bridgehead atoms. The smallest absolute Gasteiger partial charge is 0.139 e. The van der Waals surface area contributed by atoms with Crippen LogP contribution in [0.15, 0.2) is 41.5 Å². The Morgan fingerprint density at radius 3 is 2.92 bits per heavy atom. The molecule has 2 aromatic heterocycles. The van der Waals surface area contributed by atoms with E-state index in [0.717, 1.165) is 10.4 Å². The van der Waals surface area contributed by atoms with Gasteiger partial charge in [-0.1, -0.05) is 6.07 Å². The molecule has 0 saturated carbocycles. The Bertz CT molecular complexity index is 370. The fourth-order valence-electron chi connectivity index (χ4n) is 0.936. The summed E-state index contributed by atoms with van der Waals surface area (Å²) >= 11 is 3.30. The van der Waals surface area contributed by atoms with E-state index in [0.29, 0.717) is 0 Å². The molecule has 2 rings (SSSR count). The summed E-state index contributed by atoms with van der Waals surface area (Å²) in [5.74, 6) is 0.863. The molecule has 0 aliphatic carbocycles. The van der Waals surface area contributed by atoms with Crippen LogP contribution in [0.4, 0.5) is 0 Å². The molecule has 0 N–H and O–H groups in total. The summed E-state index contributed by atoms with van der Waals surface area (Å²) in [6.45, 7) is 0. The molecule has 12 heavy (non-hydrogen) atoms. The molecule has 4 heteroatoms. The first kappa shape index (κ1) is 7.49. The van der Waals surface area contributed by atoms with Crippen molar-refractivity contribution in [1.29, 1.82) is 0 Å². The Labute approximate surface area is 78.2 Å². The van der Waals surface area contributed by atoms with Crippen LogP contribution < -0.4 is 0 Å². The van der Waals surface area contributed by atoms with Crippen molar-refractivity contribution in [2.75, 3.05) is 0 Å². The summed E-state index contributed by atoms with van der Waals surface area (Å²) in [5, 5.41) is 0. The zero-order valence-corrected chi connectivity index (χ0v) is 7.77. The Morgan fingerprint density at radius 1 is 1.33 bits per heavy atom. The summed E-state index contributed by atoms with van der Waals surface area (Å²) in [6, 6.07) is 5.75. The van der Waals surface area contributed by atoms with Gasteiger partial charge in [-0.15, -0.1) is 0 Å². The molecule has 2 aromatic rings. The van der Waals surface area contributed by atoms with Crippen LogP contribution in [0, 0.1) is 0 Å². The highest BCUT2D eigenvalue weighted by Gasteiger charge is 1.95. The molecule has 3 nitrogen and oxygen atoms in total. The fraction of sp³-hybridized carbons (Fsp3) is 0. The Balaban J connectivity index is 2.48. The largest absolute Gasteiger partial charge is 0.290 e. The molecule has 0 saturated heterocycles. The minimum atomic E-state index is 0.828. The summed E-state index contributed by atoms with van der Waals surface area (Å²) < 4.78 is 2.68. The predicted octanol–water partition coefficient (Wildman–Crippen LogP) is 2.03. The predicted molar refractivity (Wildman–Crippen MR) is 49.1 cm³/mol. The molecule has 0 fully saturated rings. The van der Waals surface area contributed by atoms with Gasteiger partial charge in [0.2, 0.25) is 0 Å². The molecule has 0 atom stereocenters. The van der Waals surface area contributed by atoms with Crippen LogP contribution in [0.2, 0.25) is 0 Å². The number of aromatic nitrogens is 3. The van der Waals surface area contributed by atoms with Gasteiger partial charge < -0.3 is 0 Å². The second kappa shape index (κ2) is 3.06. The van der Waals surface area contributed by atoms with E-state index in [-0.39, 0.29) is 0 Å². The molecule has 0 aromatic carbocycles. The van der Waals surface area contributed by atoms with Crippen molar-refractivity contribution in [2.24, 2.45) is 0 Å². The van der Waals surface area contributed by atoms with Crippen LogP contribution in [0.25, 0.3) is 5.82 Å². The molecular weight excluding hydrogens is 218 g/mol. The lowest BCUT2D eigenvalue weighted by Crippen LogP contribution is -1.93. The lowest BCUT2D eigenvalue weighted by atomic mass is 10.5. The van der Waals surface area contributed by atoms with E-state index in [4.69, 9.17) is 0 Å². The van der Waals surface area contributed by atoms with Crippen LogP contribution in [-0.2, 0) is 0 Å². The fourth-order valence-corrected chi connectivity index (χ4v) is 1.27. The molecule has 2 heterocycles. The Hall–Kier alpha value is -1.16. The molecule has 60 valence electrons. The molecule has 0 unspecified atom stereocenters. The van der Waals surface area contributed by atoms with Crippen molar-refractivity contribution in [3.63, 3.8) is 0 Å². The first-order valence-electron chi connectivity index (χ1n) is 3.47. The first-order chi connectivity index (χ1) is 5.86. The highest BCUT2D eigenvalue weighted by molar-refractivity contribution is 9.10. The van der Waals surface area contributed by atoms with Crippen molar-refractivity contribution < 1.29 is 0 Å². The third kappa shape index (κ3) is 1.38. The zero-order valence-electron chi connectivity index (χ0n) is 6.18. The van der Waals surface area contributed by atoms with Crippen molar-refractivity contribution in [2.45, 2.75) is 0 Å². The number of halogens is 1. The molecule has 0 aliphatic heterocycles. The van der Waals surface area contributed by atoms with Crippen molar-refractivity contribution >= 4 is 15.9 Å². The van der Waals surface area contributed by atoms with Gasteiger partial charge in [0.1, 0.15) is 16.7 Å². The van der Waals surface area contributed by atoms with Crippen molar-refractivity contribution in [3.8, 4) is 5.82 Å². The highest BCUT2D eigenvalue weighted by atomic mass is 79.9. The van der Waals surface area contributed by atoms with E-state index in [9.17, 15) is 0 Å². The number of imidazole rings is 1. The number of pyridine rings is 1. The molecule has 0 spiro atoms. The van der Waals surface area contributed by atoms with Gasteiger partial charge >= 0.3 is 0 Å². The quantitative estimate of drug-likeness (QED) is 0.694. The maximum absolute atomic E-state index is 4.26. The van der Waals surface area contributed by atoms with Crippen LogP contribution >= 0.6 is 15.9 Å². The van der Waals surface area contributed by atoms with E-state index in [1.165, 1.54) is 0 Å². The standard InChI is InChI=1S/C8H6BrN3/c9-7-2-1-3-8(11-7)12-5-4-10-6-12/h1-6H. The number of nitrogens with zero attached hydrogens (tertiary/aromatic N) is 3. The topological polar surface area (TPSA) is 30.7 Å². The van der Waals surface area contributed by atoms with Crippen LogP contribution in [-0.4, -0.2) is 14.5 Å². The Kier molecular flexibility index (Phi) is 1.91. The Morgan fingerprint density at radius 2 is 2.25 bits per heavy atom. The second-order valence-corrected chi connectivity index (χ2v) is 3.10. The van der Waals surface area contributed by atoms with E-state index in [1.54, 1.807) is 12.5 Å². The van der Waals surface area contributed by atoms with E-state index in [2.05, 4.69) is 25.9 Å². The second-order valence-electron chi connectivity index (χ2n) is 2.29. The number of rotatable bonds is 1. The SMILES string of the molecule is Brc1cccc(-n2ccnc2)n1. The van der Waals surface area contributed by atoms with Crippen molar-refractivity contribution in [3.05, 3.63) is 41.5 Å². The molecule has 0 aliphatic rings. The summed E-state index contributed by atoms with van der Waals surface area (Å²) in [6.07, 6.45) is 5.30. The molecule has 0 amide bonds. The average Bonchev–Trinajstić information content (AvgIpc) is 2.56. The summed E-state index contributed by atoms with van der Waals surface area (Å²) in [5.41, 5.74) is 0. The van der Waals surface area contributed by atoms with Gasteiger partial charge in [0, 0.05) is 12.4 Å². The maximum atomic E-state index is 4.26. The van der Waals surface area contributed by atoms with Gasteiger partial charge in [-0.2, -0.15) is 0 Å². The third-order valence-electron chi connectivity index (χ3n) is 1.47. The number of hydrogen-bond donors (Lipinski definition) is 0. The third-order valence-corrected chi connectivity index (χ3v) is 1.91. The normalized spacial score (nSPS) is 10.1. The summed E-state index contributed by atoms with van der Waals surface area (Å²) in [4.78, 5) is 8.19. The lowest BCUT2D eigenvalue weighted by Gasteiger charge is -1.99. The van der Waals surface area contributed by atoms with Crippen LogP contribution in [0.5, 0.6) is 0 Å². The summed E-state index contributed by atoms with van der Waals surface area (Å²) in [7, 11) is 0. The van der Waals surface area contributed by atoms with E-state index in [1.807, 2.05) is 29.0 Å². The maximum Gasteiger partial charge on any atom is 0.139 e. The molecule has 0 radical (unpaired) electrons. The minimum Gasteiger partial charge on any atom is -0.290 e. The molecular formula is C8H6BrN3. The zero-order chi connectivity index (χ0) is 8.39. The van der Waals surface area contributed by atoms with E-state index >= 15 is 0 Å². The lowest BCUT2D eigenvalue weighted by molar-refractivity contribution is 0.985. The van der Waals surface area contributed by atoms with Crippen LogP contribution in [0.3, 0.4) is 0 Å². The van der Waals surface area contributed by atoms with Gasteiger partial charge in [0.25, 0.3) is 0 Å². The minimum absolute atomic E-state index is 0.828. The van der Waals surface area contributed by atoms with Gasteiger partial charge in [-0.05, 0) is 28.1 Å². The van der Waals surface area contributed by atoms with Gasteiger partial charge in [0.05, 0.1) is 0 Å². The van der Waals surface area contributed by atoms with Crippen molar-refractivity contribution in [1.82, 2.24) is 14.5 Å². The van der Waals surface area contributed by atoms with Gasteiger partial charge in [-0.3, -0.25) is 4.57 Å². The monoisotopic (exact) mass is 223 g/mol. The van der Waals surface area contributed by atoms with Gasteiger partial charge in [0.15, 0.2) is 0 Å². The number of hydrogen-bond acceptors (Lipinski definition) is 2. The van der Waals surface area contributed by atoms with Gasteiger partial charge in [-0.25, -0.2) is 9.97 Å². The average molecular weight is 224 g/mol.